The molecule has 0 fully saturated rings. The van der Waals surface area contributed by atoms with Gasteiger partial charge in [-0.3, -0.25) is 0 Å². The molecule has 0 amide bonds. The first-order valence-electron chi connectivity index (χ1n) is 3.26. The van der Waals surface area contributed by atoms with Gasteiger partial charge < -0.3 is 0 Å². The summed E-state index contributed by atoms with van der Waals surface area (Å²) < 4.78 is 11.1. The molecule has 1 nitrogen and oxygen atoms in total. The molecule has 0 aromatic carbocycles. The molecule has 0 radical (unpaired) electrons. The van der Waals surface area contributed by atoms with Crippen LogP contribution >= 0.6 is 0 Å². The maximum absolute atomic E-state index is 10.1. The van der Waals surface area contributed by atoms with Crippen LogP contribution in [-0.2, 0) is 26.1 Å². The number of hydrogen-bond acceptors (Lipinski definition) is 1. The SMILES string of the molecule is CCCCC[CH2][Zr]=[O]. The molecular weight excluding hydrogens is 179 g/mol. The average molecular weight is 192 g/mol. The van der Waals surface area contributed by atoms with E-state index in [2.05, 4.69) is 6.92 Å². The summed E-state index contributed by atoms with van der Waals surface area (Å²) in [6, 6.07) is 0. The molecule has 47 valence electrons. The van der Waals surface area contributed by atoms with E-state index in [1.54, 1.807) is 0 Å². The molecule has 0 rings (SSSR count). The van der Waals surface area contributed by atoms with Crippen LogP contribution in [0.3, 0.4) is 0 Å². The van der Waals surface area contributed by atoms with E-state index in [0.717, 1.165) is 4.13 Å². The van der Waals surface area contributed by atoms with Crippen LogP contribution in [0.5, 0.6) is 0 Å². The van der Waals surface area contributed by atoms with Gasteiger partial charge in [0.05, 0.1) is 0 Å². The summed E-state index contributed by atoms with van der Waals surface area (Å²) in [6.07, 6.45) is 5.10. The van der Waals surface area contributed by atoms with E-state index in [1.807, 2.05) is 0 Å². The van der Waals surface area contributed by atoms with Crippen molar-refractivity contribution in [2.24, 2.45) is 0 Å². The quantitative estimate of drug-likeness (QED) is 0.611. The monoisotopic (exact) mass is 191 g/mol. The standard InChI is InChI=1S/C6H13.O.Zr/c1-3-5-6-4-2;;/h1,3-6H2,2H3;;. The van der Waals surface area contributed by atoms with E-state index in [1.165, 1.54) is 25.7 Å². The van der Waals surface area contributed by atoms with Crippen LogP contribution in [0.25, 0.3) is 0 Å². The van der Waals surface area contributed by atoms with Crippen molar-refractivity contribution >= 4 is 0 Å². The molecule has 0 atom stereocenters. The molecule has 0 aromatic heterocycles. The number of rotatable bonds is 5. The van der Waals surface area contributed by atoms with Crippen LogP contribution in [0, 0.1) is 0 Å². The van der Waals surface area contributed by atoms with E-state index in [0.29, 0.717) is 0 Å². The predicted octanol–water partition coefficient (Wildman–Crippen LogP) is 2.41. The molecule has 0 aliphatic rings. The van der Waals surface area contributed by atoms with Gasteiger partial charge in [0.2, 0.25) is 0 Å². The number of hydrogen-bond donors (Lipinski definition) is 0. The van der Waals surface area contributed by atoms with Crippen molar-refractivity contribution in [3.8, 4) is 0 Å². The van der Waals surface area contributed by atoms with Crippen molar-refractivity contribution in [3.05, 3.63) is 0 Å². The Labute approximate surface area is 62.9 Å². The fourth-order valence-electron chi connectivity index (χ4n) is 0.624. The van der Waals surface area contributed by atoms with Crippen LogP contribution in [0.4, 0.5) is 0 Å². The molecule has 0 spiro atoms. The van der Waals surface area contributed by atoms with Gasteiger partial charge in [0.15, 0.2) is 0 Å². The van der Waals surface area contributed by atoms with E-state index in [4.69, 9.17) is 0 Å². The Kier molecular flexibility index (Phi) is 8.34. The zero-order valence-corrected chi connectivity index (χ0v) is 7.90. The summed E-state index contributed by atoms with van der Waals surface area (Å²) in [6.45, 7) is 2.19. The second kappa shape index (κ2) is 7.68. The van der Waals surface area contributed by atoms with Gasteiger partial charge in [0.25, 0.3) is 0 Å². The minimum atomic E-state index is -1.08. The minimum absolute atomic E-state index is 1.04. The molecule has 0 aromatic rings. The van der Waals surface area contributed by atoms with Crippen LogP contribution in [0.2, 0.25) is 4.13 Å². The Balaban J connectivity index is 2.62. The fraction of sp³-hybridized carbons (Fsp3) is 1.00. The van der Waals surface area contributed by atoms with Crippen molar-refractivity contribution in [2.75, 3.05) is 0 Å². The van der Waals surface area contributed by atoms with Crippen LogP contribution in [0.15, 0.2) is 0 Å². The van der Waals surface area contributed by atoms with Crippen molar-refractivity contribution in [1.29, 1.82) is 0 Å². The molecule has 8 heavy (non-hydrogen) atoms. The maximum atomic E-state index is 10.1. The zero-order chi connectivity index (χ0) is 6.24. The topological polar surface area (TPSA) is 17.1 Å². The van der Waals surface area contributed by atoms with Gasteiger partial charge in [-0.15, -0.1) is 0 Å². The molecule has 0 saturated heterocycles. The molecule has 0 saturated carbocycles. The molecule has 0 aliphatic carbocycles. The zero-order valence-electron chi connectivity index (χ0n) is 5.44. The third-order valence-electron chi connectivity index (χ3n) is 1.13. The fourth-order valence-corrected chi connectivity index (χ4v) is 1.59. The van der Waals surface area contributed by atoms with Crippen LogP contribution < -0.4 is 0 Å². The Morgan fingerprint density at radius 1 is 1.25 bits per heavy atom. The molecular formula is C6H13OZr. The van der Waals surface area contributed by atoms with Crippen LogP contribution in [0.1, 0.15) is 32.6 Å². The van der Waals surface area contributed by atoms with Gasteiger partial charge in [-0.1, -0.05) is 0 Å². The van der Waals surface area contributed by atoms with Crippen molar-refractivity contribution in [2.45, 2.75) is 36.7 Å². The second-order valence-electron chi connectivity index (χ2n) is 1.95. The van der Waals surface area contributed by atoms with E-state index >= 15 is 0 Å². The molecule has 0 aliphatic heterocycles. The van der Waals surface area contributed by atoms with Gasteiger partial charge in [0.1, 0.15) is 0 Å². The summed E-state index contributed by atoms with van der Waals surface area (Å²) in [5.74, 6) is 0. The van der Waals surface area contributed by atoms with E-state index in [-0.39, 0.29) is 0 Å². The van der Waals surface area contributed by atoms with Crippen LogP contribution in [-0.4, -0.2) is 0 Å². The van der Waals surface area contributed by atoms with Crippen molar-refractivity contribution in [3.63, 3.8) is 0 Å². The third-order valence-corrected chi connectivity index (χ3v) is 2.50. The van der Waals surface area contributed by atoms with Crippen molar-refractivity contribution < 1.29 is 26.1 Å². The molecule has 0 bridgehead atoms. The van der Waals surface area contributed by atoms with Crippen molar-refractivity contribution in [1.82, 2.24) is 0 Å². The summed E-state index contributed by atoms with van der Waals surface area (Å²) >= 11 is -1.08. The van der Waals surface area contributed by atoms with E-state index in [9.17, 15) is 2.81 Å². The Hall–Kier alpha value is 0.683. The molecule has 0 heterocycles. The second-order valence-corrected chi connectivity index (χ2v) is 3.89. The Bertz CT molecular complexity index is 54.5. The first-order chi connectivity index (χ1) is 3.91. The normalized spacial score (nSPS) is 8.62. The van der Waals surface area contributed by atoms with E-state index < -0.39 is 23.2 Å². The molecule has 0 N–H and O–H groups in total. The van der Waals surface area contributed by atoms with Gasteiger partial charge in [-0.25, -0.2) is 0 Å². The summed E-state index contributed by atoms with van der Waals surface area (Å²) in [5.41, 5.74) is 0. The molecule has 0 unspecified atom stereocenters. The third kappa shape index (κ3) is 6.68. The predicted molar refractivity (Wildman–Crippen MR) is 29.6 cm³/mol. The summed E-state index contributed by atoms with van der Waals surface area (Å²) in [4.78, 5) is 0. The first-order valence-corrected chi connectivity index (χ1v) is 6.01. The van der Waals surface area contributed by atoms with Gasteiger partial charge in [-0.05, 0) is 0 Å². The van der Waals surface area contributed by atoms with Gasteiger partial charge >= 0.3 is 62.8 Å². The Morgan fingerprint density at radius 3 is 2.50 bits per heavy atom. The summed E-state index contributed by atoms with van der Waals surface area (Å²) in [5, 5.41) is 0. The van der Waals surface area contributed by atoms with Gasteiger partial charge in [0, 0.05) is 0 Å². The Morgan fingerprint density at radius 2 is 2.00 bits per heavy atom. The average Bonchev–Trinajstić information content (AvgIpc) is 1.81. The number of unbranched alkanes of at least 4 members (excludes halogenated alkanes) is 3. The first kappa shape index (κ1) is 8.68. The van der Waals surface area contributed by atoms with Gasteiger partial charge in [-0.2, -0.15) is 0 Å². The molecule has 2 heteroatoms. The summed E-state index contributed by atoms with van der Waals surface area (Å²) in [7, 11) is 0.